The van der Waals surface area contributed by atoms with Crippen molar-refractivity contribution in [2.45, 2.75) is 117 Å². The fourth-order valence-electron chi connectivity index (χ4n) is 4.32. The molecule has 0 fully saturated rings. The van der Waals surface area contributed by atoms with Crippen LogP contribution in [-0.2, 0) is 6.54 Å². The first-order valence-electron chi connectivity index (χ1n) is 13.8. The average molecular weight is 474 g/mol. The summed E-state index contributed by atoms with van der Waals surface area (Å²) in [6.45, 7) is 8.35. The van der Waals surface area contributed by atoms with E-state index in [1.165, 1.54) is 38.5 Å². The molecule has 0 aliphatic heterocycles. The number of nitrogens with zero attached hydrogens (tertiary/aromatic N) is 1. The molecule has 2 aromatic rings. The molecule has 34 heavy (non-hydrogen) atoms. The van der Waals surface area contributed by atoms with Gasteiger partial charge in [0, 0.05) is 18.0 Å². The van der Waals surface area contributed by atoms with Crippen molar-refractivity contribution in [1.82, 2.24) is 4.57 Å². The summed E-state index contributed by atoms with van der Waals surface area (Å²) in [5.74, 6) is 0.798. The van der Waals surface area contributed by atoms with E-state index in [1.54, 1.807) is 4.57 Å². The molecular weight excluding hydrogens is 426 g/mol. The Balaban J connectivity index is 2.23. The number of benzene rings is 1. The lowest BCUT2D eigenvalue weighted by Gasteiger charge is -2.17. The minimum Gasteiger partial charge on any atom is -0.500 e. The lowest BCUT2D eigenvalue weighted by molar-refractivity contribution is 0.290. The molecule has 0 aliphatic carbocycles. The number of hydrogen-bond acceptors (Lipinski definition) is 4. The minimum atomic E-state index is -0.371. The third-order valence-electron chi connectivity index (χ3n) is 6.41. The van der Waals surface area contributed by atoms with E-state index in [-0.39, 0.29) is 11.3 Å². The molecule has 5 heteroatoms. The number of rotatable bonds is 19. The molecule has 0 bridgehead atoms. The summed E-state index contributed by atoms with van der Waals surface area (Å²) < 4.78 is 13.7. The second kappa shape index (κ2) is 16.5. The van der Waals surface area contributed by atoms with Gasteiger partial charge in [0.2, 0.25) is 5.75 Å². The number of pyridine rings is 1. The molecule has 1 aromatic carbocycles. The van der Waals surface area contributed by atoms with Crippen molar-refractivity contribution in [3.05, 3.63) is 28.6 Å². The van der Waals surface area contributed by atoms with E-state index in [0.29, 0.717) is 25.5 Å². The zero-order valence-corrected chi connectivity index (χ0v) is 21.9. The standard InChI is InChI=1S/C29H47NO4/c1-4-7-10-13-14-15-20-30-26-23-24(33-21-16-11-8-5-2)18-19-25(26)28(27(31)29(30)32)34-22-17-12-9-6-3/h18-19,23,31H,4-17,20-22H2,1-3H3. The van der Waals surface area contributed by atoms with Crippen LogP contribution in [0.25, 0.3) is 10.9 Å². The normalized spacial score (nSPS) is 11.3. The van der Waals surface area contributed by atoms with Gasteiger partial charge in [-0.3, -0.25) is 4.79 Å². The minimum absolute atomic E-state index is 0.276. The van der Waals surface area contributed by atoms with Gasteiger partial charge in [-0.2, -0.15) is 0 Å². The summed E-state index contributed by atoms with van der Waals surface area (Å²) in [5.41, 5.74) is 0.413. The highest BCUT2D eigenvalue weighted by molar-refractivity contribution is 5.88. The second-order valence-electron chi connectivity index (χ2n) is 9.40. The Morgan fingerprint density at radius 1 is 0.735 bits per heavy atom. The maximum Gasteiger partial charge on any atom is 0.297 e. The van der Waals surface area contributed by atoms with Gasteiger partial charge in [0.25, 0.3) is 5.56 Å². The summed E-state index contributed by atoms with van der Waals surface area (Å²) in [6.07, 6.45) is 15.8. The van der Waals surface area contributed by atoms with Crippen LogP contribution < -0.4 is 15.0 Å². The van der Waals surface area contributed by atoms with Crippen LogP contribution in [0.5, 0.6) is 17.2 Å². The Labute approximate surface area is 206 Å². The fourth-order valence-corrected chi connectivity index (χ4v) is 4.32. The van der Waals surface area contributed by atoms with E-state index < -0.39 is 0 Å². The van der Waals surface area contributed by atoms with Gasteiger partial charge in [-0.15, -0.1) is 0 Å². The lowest BCUT2D eigenvalue weighted by atomic mass is 10.1. The Morgan fingerprint density at radius 2 is 1.29 bits per heavy atom. The van der Waals surface area contributed by atoms with Crippen molar-refractivity contribution < 1.29 is 14.6 Å². The fraction of sp³-hybridized carbons (Fsp3) is 0.690. The molecule has 0 amide bonds. The molecule has 0 saturated heterocycles. The quantitative estimate of drug-likeness (QED) is 0.210. The number of ether oxygens (including phenoxy) is 2. The first-order valence-corrected chi connectivity index (χ1v) is 13.8. The second-order valence-corrected chi connectivity index (χ2v) is 9.40. The molecule has 0 radical (unpaired) electrons. The van der Waals surface area contributed by atoms with Gasteiger partial charge in [0.1, 0.15) is 5.75 Å². The van der Waals surface area contributed by atoms with Crippen molar-refractivity contribution in [2.75, 3.05) is 13.2 Å². The molecule has 5 nitrogen and oxygen atoms in total. The third-order valence-corrected chi connectivity index (χ3v) is 6.41. The van der Waals surface area contributed by atoms with Gasteiger partial charge in [0.15, 0.2) is 5.75 Å². The van der Waals surface area contributed by atoms with Gasteiger partial charge in [-0.25, -0.2) is 0 Å². The first-order chi connectivity index (χ1) is 16.6. The molecule has 192 valence electrons. The molecule has 2 rings (SSSR count). The summed E-state index contributed by atoms with van der Waals surface area (Å²) in [7, 11) is 0. The Hall–Kier alpha value is -2.17. The number of aromatic nitrogens is 1. The molecular formula is C29H47NO4. The van der Waals surface area contributed by atoms with Crippen LogP contribution >= 0.6 is 0 Å². The van der Waals surface area contributed by atoms with Gasteiger partial charge < -0.3 is 19.1 Å². The summed E-state index contributed by atoms with van der Waals surface area (Å²) in [5, 5.41) is 11.5. The first kappa shape index (κ1) is 28.1. The molecule has 0 aliphatic rings. The van der Waals surface area contributed by atoms with Gasteiger partial charge >= 0.3 is 0 Å². The van der Waals surface area contributed by atoms with Crippen molar-refractivity contribution in [3.63, 3.8) is 0 Å². The predicted molar refractivity (Wildman–Crippen MR) is 143 cm³/mol. The van der Waals surface area contributed by atoms with Crippen LogP contribution in [0.2, 0.25) is 0 Å². The Morgan fingerprint density at radius 3 is 1.94 bits per heavy atom. The van der Waals surface area contributed by atoms with E-state index in [9.17, 15) is 9.90 Å². The molecule has 0 saturated carbocycles. The van der Waals surface area contributed by atoms with Crippen LogP contribution in [0, 0.1) is 0 Å². The predicted octanol–water partition coefficient (Wildman–Crippen LogP) is 7.99. The van der Waals surface area contributed by atoms with Gasteiger partial charge in [0.05, 0.1) is 18.7 Å². The topological polar surface area (TPSA) is 60.7 Å². The zero-order chi connectivity index (χ0) is 24.6. The van der Waals surface area contributed by atoms with Gasteiger partial charge in [-0.1, -0.05) is 91.4 Å². The Bertz CT molecular complexity index is 890. The summed E-state index contributed by atoms with van der Waals surface area (Å²) >= 11 is 0. The Kier molecular flexibility index (Phi) is 13.6. The smallest absolute Gasteiger partial charge is 0.297 e. The molecule has 1 heterocycles. The van der Waals surface area contributed by atoms with Crippen molar-refractivity contribution in [2.24, 2.45) is 0 Å². The van der Waals surface area contributed by atoms with E-state index in [1.807, 2.05) is 18.2 Å². The SMILES string of the molecule is CCCCCCCCn1c(=O)c(O)c(OCCCCCC)c2ccc(OCCCCCC)cc21. The lowest BCUT2D eigenvalue weighted by Crippen LogP contribution is -2.21. The number of aryl methyl sites for hydroxylation is 1. The van der Waals surface area contributed by atoms with Crippen LogP contribution in [-0.4, -0.2) is 22.9 Å². The van der Waals surface area contributed by atoms with Crippen molar-refractivity contribution >= 4 is 10.9 Å². The molecule has 0 atom stereocenters. The number of hydrogen-bond donors (Lipinski definition) is 1. The zero-order valence-electron chi connectivity index (χ0n) is 21.9. The third kappa shape index (κ3) is 8.88. The molecule has 0 unspecified atom stereocenters. The van der Waals surface area contributed by atoms with Crippen LogP contribution in [0.4, 0.5) is 0 Å². The highest BCUT2D eigenvalue weighted by Gasteiger charge is 2.18. The monoisotopic (exact) mass is 473 g/mol. The highest BCUT2D eigenvalue weighted by atomic mass is 16.5. The van der Waals surface area contributed by atoms with E-state index in [4.69, 9.17) is 9.47 Å². The van der Waals surface area contributed by atoms with Crippen LogP contribution in [0.15, 0.2) is 23.0 Å². The van der Waals surface area contributed by atoms with E-state index >= 15 is 0 Å². The molecule has 1 aromatic heterocycles. The highest BCUT2D eigenvalue weighted by Crippen LogP contribution is 2.34. The molecule has 1 N–H and O–H groups in total. The number of unbranched alkanes of at least 4 members (excludes halogenated alkanes) is 11. The number of aromatic hydroxyl groups is 1. The van der Waals surface area contributed by atoms with E-state index in [2.05, 4.69) is 20.8 Å². The summed E-state index contributed by atoms with van der Waals surface area (Å²) in [4.78, 5) is 13.1. The summed E-state index contributed by atoms with van der Waals surface area (Å²) in [6, 6.07) is 5.79. The maximum absolute atomic E-state index is 13.1. The van der Waals surface area contributed by atoms with Crippen molar-refractivity contribution in [3.8, 4) is 17.2 Å². The van der Waals surface area contributed by atoms with Crippen LogP contribution in [0.1, 0.15) is 111 Å². The number of fused-ring (bicyclic) bond motifs is 1. The van der Waals surface area contributed by atoms with E-state index in [0.717, 1.165) is 68.0 Å². The van der Waals surface area contributed by atoms with Crippen LogP contribution in [0.3, 0.4) is 0 Å². The average Bonchev–Trinajstić information content (AvgIpc) is 2.84. The maximum atomic E-state index is 13.1. The van der Waals surface area contributed by atoms with Crippen molar-refractivity contribution in [1.29, 1.82) is 0 Å². The molecule has 0 spiro atoms. The largest absolute Gasteiger partial charge is 0.500 e. The van der Waals surface area contributed by atoms with Gasteiger partial charge in [-0.05, 0) is 31.4 Å².